The molecule has 4 rings (SSSR count). The van der Waals surface area contributed by atoms with Crippen LogP contribution in [0.5, 0.6) is 5.75 Å². The van der Waals surface area contributed by atoms with Gasteiger partial charge in [0.05, 0.1) is 12.1 Å². The number of carboxylic acid groups (broad SMARTS) is 1. The van der Waals surface area contributed by atoms with Crippen molar-refractivity contribution in [2.24, 2.45) is 14.1 Å². The average Bonchev–Trinajstić information content (AvgIpc) is 3.11. The van der Waals surface area contributed by atoms with E-state index in [4.69, 9.17) is 33.0 Å². The number of carboxylic acids is 1. The second-order valence-electron chi connectivity index (χ2n) is 7.37. The third-order valence-corrected chi connectivity index (χ3v) is 5.64. The minimum atomic E-state index is -1.05. The van der Waals surface area contributed by atoms with Crippen LogP contribution in [-0.2, 0) is 18.9 Å². The van der Waals surface area contributed by atoms with E-state index in [1.807, 2.05) is 12.1 Å². The Bertz CT molecular complexity index is 1170. The number of benzene rings is 3. The van der Waals surface area contributed by atoms with Crippen molar-refractivity contribution in [3.63, 3.8) is 0 Å². The van der Waals surface area contributed by atoms with Crippen LogP contribution in [-0.4, -0.2) is 21.9 Å². The first-order valence-corrected chi connectivity index (χ1v) is 11.0. The molecule has 5 nitrogen and oxygen atoms in total. The number of ether oxygens (including phenoxy) is 1. The monoisotopic (exact) mass is 483 g/mol. The quantitative estimate of drug-likeness (QED) is 0.352. The molecule has 1 unspecified atom stereocenters. The summed E-state index contributed by atoms with van der Waals surface area (Å²) in [7, 11) is 4.18. The van der Waals surface area contributed by atoms with Gasteiger partial charge in [0.15, 0.2) is 13.2 Å². The maximum absolute atomic E-state index is 10.5. The molecule has 0 aliphatic heterocycles. The molecule has 0 fully saturated rings. The predicted molar refractivity (Wildman–Crippen MR) is 132 cm³/mol. The molecular formula is C26H25Cl2N2O3+. The van der Waals surface area contributed by atoms with Gasteiger partial charge in [0, 0.05) is 22.2 Å². The van der Waals surface area contributed by atoms with Gasteiger partial charge in [-0.15, -0.1) is 4.68 Å². The Morgan fingerprint density at radius 3 is 2.06 bits per heavy atom. The largest absolute Gasteiger partial charge is 0.479 e. The lowest BCUT2D eigenvalue weighted by Gasteiger charge is -2.11. The summed E-state index contributed by atoms with van der Waals surface area (Å²) in [6.07, 6.45) is -0.936. The zero-order chi connectivity index (χ0) is 24.0. The summed E-state index contributed by atoms with van der Waals surface area (Å²) in [5.41, 5.74) is 4.93. The molecule has 1 atom stereocenters. The molecule has 7 heteroatoms. The highest BCUT2D eigenvalue weighted by molar-refractivity contribution is 6.35. The minimum Gasteiger partial charge on any atom is -0.479 e. The van der Waals surface area contributed by atoms with Crippen LogP contribution in [0.4, 0.5) is 0 Å². The number of carbonyl (C=O) groups is 1. The van der Waals surface area contributed by atoms with Crippen LogP contribution in [0, 0.1) is 0 Å². The van der Waals surface area contributed by atoms with Gasteiger partial charge < -0.3 is 9.84 Å². The highest BCUT2D eigenvalue weighted by Gasteiger charge is 2.19. The van der Waals surface area contributed by atoms with Gasteiger partial charge in [-0.2, -0.15) is 4.68 Å². The number of rotatable bonds is 5. The SMILES string of the molecule is CC(Oc1ccc(Cl)cc1Cl)C(=O)O.Cn1c(-c2ccccc2)cc(-c2ccccc2)[n+]1C. The van der Waals surface area contributed by atoms with Gasteiger partial charge in [0.1, 0.15) is 11.4 Å². The van der Waals surface area contributed by atoms with Crippen LogP contribution in [0.2, 0.25) is 10.0 Å². The molecule has 0 radical (unpaired) electrons. The maximum atomic E-state index is 10.5. The Morgan fingerprint density at radius 2 is 1.52 bits per heavy atom. The van der Waals surface area contributed by atoms with Crippen molar-refractivity contribution in [1.82, 2.24) is 4.68 Å². The van der Waals surface area contributed by atoms with Crippen LogP contribution < -0.4 is 9.42 Å². The first kappa shape index (κ1) is 24.4. The molecule has 0 saturated heterocycles. The van der Waals surface area contributed by atoms with E-state index >= 15 is 0 Å². The predicted octanol–water partition coefficient (Wildman–Crippen LogP) is 6.03. The third kappa shape index (κ3) is 6.15. The molecule has 170 valence electrons. The molecule has 0 bridgehead atoms. The molecule has 1 aromatic heterocycles. The Hall–Kier alpha value is -3.28. The van der Waals surface area contributed by atoms with Gasteiger partial charge in [0.25, 0.3) is 0 Å². The van der Waals surface area contributed by atoms with Gasteiger partial charge >= 0.3 is 5.97 Å². The lowest BCUT2D eigenvalue weighted by atomic mass is 10.1. The first-order chi connectivity index (χ1) is 15.8. The van der Waals surface area contributed by atoms with Gasteiger partial charge in [-0.25, -0.2) is 4.79 Å². The van der Waals surface area contributed by atoms with E-state index in [9.17, 15) is 4.79 Å². The average molecular weight is 484 g/mol. The summed E-state index contributed by atoms with van der Waals surface area (Å²) in [6.45, 7) is 1.42. The van der Waals surface area contributed by atoms with E-state index in [0.29, 0.717) is 15.8 Å². The van der Waals surface area contributed by atoms with Crippen LogP contribution in [0.1, 0.15) is 6.92 Å². The molecule has 0 spiro atoms. The van der Waals surface area contributed by atoms with E-state index < -0.39 is 12.1 Å². The molecule has 4 aromatic rings. The second kappa shape index (κ2) is 11.0. The fraction of sp³-hybridized carbons (Fsp3) is 0.154. The highest BCUT2D eigenvalue weighted by Crippen LogP contribution is 2.28. The number of aliphatic carboxylic acids is 1. The summed E-state index contributed by atoms with van der Waals surface area (Å²) in [5.74, 6) is -0.734. The van der Waals surface area contributed by atoms with Crippen molar-refractivity contribution in [1.29, 1.82) is 0 Å². The van der Waals surface area contributed by atoms with Gasteiger partial charge in [-0.05, 0) is 37.3 Å². The Morgan fingerprint density at radius 1 is 0.939 bits per heavy atom. The molecule has 1 heterocycles. The zero-order valence-electron chi connectivity index (χ0n) is 18.6. The zero-order valence-corrected chi connectivity index (χ0v) is 20.1. The summed E-state index contributed by atoms with van der Waals surface area (Å²) >= 11 is 11.4. The Balaban J connectivity index is 0.000000196. The van der Waals surface area contributed by atoms with Crippen LogP contribution in [0.3, 0.4) is 0 Å². The molecule has 33 heavy (non-hydrogen) atoms. The van der Waals surface area contributed by atoms with Crippen molar-refractivity contribution >= 4 is 29.2 Å². The van der Waals surface area contributed by atoms with Crippen LogP contribution in [0.15, 0.2) is 84.9 Å². The first-order valence-electron chi connectivity index (χ1n) is 10.3. The molecule has 0 saturated carbocycles. The number of hydrogen-bond donors (Lipinski definition) is 1. The Kier molecular flexibility index (Phi) is 8.15. The van der Waals surface area contributed by atoms with Crippen molar-refractivity contribution in [2.75, 3.05) is 0 Å². The number of nitrogens with zero attached hydrogens (tertiary/aromatic N) is 2. The Labute approximate surface area is 203 Å². The maximum Gasteiger partial charge on any atom is 0.344 e. The molecule has 0 aliphatic rings. The van der Waals surface area contributed by atoms with E-state index in [0.717, 1.165) is 0 Å². The van der Waals surface area contributed by atoms with Crippen molar-refractivity contribution < 1.29 is 19.3 Å². The summed E-state index contributed by atoms with van der Waals surface area (Å²) < 4.78 is 9.43. The molecular weight excluding hydrogens is 459 g/mol. The van der Waals surface area contributed by atoms with Crippen LogP contribution >= 0.6 is 23.2 Å². The highest BCUT2D eigenvalue weighted by atomic mass is 35.5. The standard InChI is InChI=1S/C17H17N2.C9H8Cl2O3/c1-18-16(14-9-5-3-6-10-14)13-17(19(18)2)15-11-7-4-8-12-15;1-5(9(12)13)14-8-3-2-6(10)4-7(8)11/h3-13H,1-2H3;2-5H,1H3,(H,12,13)/q+1;. The summed E-state index contributed by atoms with van der Waals surface area (Å²) in [5, 5.41) is 9.37. The fourth-order valence-electron chi connectivity index (χ4n) is 3.21. The minimum absolute atomic E-state index is 0.297. The molecule has 3 aromatic carbocycles. The lowest BCUT2D eigenvalue weighted by molar-refractivity contribution is -0.740. The van der Waals surface area contributed by atoms with Crippen molar-refractivity contribution in [3.8, 4) is 28.3 Å². The lowest BCUT2D eigenvalue weighted by Crippen LogP contribution is -2.39. The summed E-state index contributed by atoms with van der Waals surface area (Å²) in [6, 6.07) is 27.8. The van der Waals surface area contributed by atoms with E-state index in [-0.39, 0.29) is 0 Å². The smallest absolute Gasteiger partial charge is 0.344 e. The van der Waals surface area contributed by atoms with Gasteiger partial charge in [-0.1, -0.05) is 71.7 Å². The summed E-state index contributed by atoms with van der Waals surface area (Å²) in [4.78, 5) is 10.5. The van der Waals surface area contributed by atoms with Crippen molar-refractivity contribution in [2.45, 2.75) is 13.0 Å². The molecule has 1 N–H and O–H groups in total. The normalized spacial score (nSPS) is 11.3. The number of halogens is 2. The molecule has 0 aliphatic carbocycles. The second-order valence-corrected chi connectivity index (χ2v) is 8.21. The van der Waals surface area contributed by atoms with E-state index in [1.165, 1.54) is 41.6 Å². The van der Waals surface area contributed by atoms with Crippen molar-refractivity contribution in [3.05, 3.63) is 95.0 Å². The van der Waals surface area contributed by atoms with Gasteiger partial charge in [-0.3, -0.25) is 0 Å². The topological polar surface area (TPSA) is 55.3 Å². The number of hydrogen-bond acceptors (Lipinski definition) is 2. The fourth-order valence-corrected chi connectivity index (χ4v) is 3.66. The van der Waals surface area contributed by atoms with E-state index in [1.54, 1.807) is 6.07 Å². The van der Waals surface area contributed by atoms with Gasteiger partial charge in [0.2, 0.25) is 5.69 Å². The van der Waals surface area contributed by atoms with Crippen LogP contribution in [0.25, 0.3) is 22.5 Å². The molecule has 0 amide bonds. The van der Waals surface area contributed by atoms with E-state index in [2.05, 4.69) is 78.1 Å². The number of aromatic nitrogens is 2. The third-order valence-electron chi connectivity index (χ3n) is 5.11.